The number of methoxy groups -OCH3 is 9. The molecule has 136 heavy (non-hydrogen) atoms. The summed E-state index contributed by atoms with van der Waals surface area (Å²) < 4.78 is 164. The zero-order valence-electron chi connectivity index (χ0n) is 83.7. The van der Waals surface area contributed by atoms with Gasteiger partial charge in [-0.3, -0.25) is 65.7 Å². The van der Waals surface area contributed by atoms with E-state index in [1.54, 1.807) is 64.0 Å². The Morgan fingerprint density at radius 2 is 0.485 bits per heavy atom. The maximum atomic E-state index is 9.67. The molecule has 38 nitrogen and oxygen atoms in total. The predicted molar refractivity (Wildman–Crippen MR) is 486 cm³/mol. The van der Waals surface area contributed by atoms with Crippen LogP contribution in [0.15, 0.2) is 0 Å². The number of morpholine rings is 3. The summed E-state index contributed by atoms with van der Waals surface area (Å²) in [6.07, 6.45) is 26.8. The summed E-state index contributed by atoms with van der Waals surface area (Å²) in [6, 6.07) is 2.83. The SMILES string of the molecule is CCCCCCCCCCCC[N+](C)(C)c1nc(OC)nc(OC)n1.CCCCCCCCCCCC[N+](C)(C)c1nc(OC)nc(OC)n1.COCCOc1nc(OCCOC)nc([N+]2(C)CCOCC2)n1.COc1nc(C)nc([N+](C)(C)C)n1.COc1nc(C)nc([N+]2(C)CCOCC2)n1.COc1nc(C)nc([N+]2(C)CCOCC2)n1.FB(F)F.FB(F)F.FB(F)F.[Cl-].[Cl-].[Cl-].[F-].[F-].[F-]. The molecule has 3 saturated heterocycles. The second-order valence-electron chi connectivity index (χ2n) is 32.4. The maximum absolute atomic E-state index is 9.67. The molecule has 6 aromatic heterocycles. The average Bonchev–Trinajstić information content (AvgIpc) is 0.912. The summed E-state index contributed by atoms with van der Waals surface area (Å²) in [5, 5.41) is 0. The molecule has 0 unspecified atom stereocenters. The first kappa shape index (κ1) is 139. The van der Waals surface area contributed by atoms with E-state index in [1.807, 2.05) is 41.9 Å². The van der Waals surface area contributed by atoms with Gasteiger partial charge in [-0.15, -0.1) is 59.8 Å². The number of quaternary nitrogens is 6. The van der Waals surface area contributed by atoms with E-state index in [1.165, 1.54) is 128 Å². The zero-order chi connectivity index (χ0) is 97.6. The molecule has 3 aliphatic heterocycles. The highest BCUT2D eigenvalue weighted by molar-refractivity contribution is 6.33. The van der Waals surface area contributed by atoms with Crippen molar-refractivity contribution in [2.24, 2.45) is 0 Å². The number of halogens is 15. The highest BCUT2D eigenvalue weighted by atomic mass is 35.5. The first-order valence-electron chi connectivity index (χ1n) is 43.7. The lowest BCUT2D eigenvalue weighted by molar-refractivity contribution is -0.00100. The summed E-state index contributed by atoms with van der Waals surface area (Å²) in [7, 11) is 23.9. The Labute approximate surface area is 815 Å². The van der Waals surface area contributed by atoms with Gasteiger partial charge in [0.2, 0.25) is 0 Å². The van der Waals surface area contributed by atoms with Gasteiger partial charge in [0.15, 0.2) is 0 Å². The summed E-state index contributed by atoms with van der Waals surface area (Å²) in [6.45, 7) is 23.1. The first-order chi connectivity index (χ1) is 61.6. The van der Waals surface area contributed by atoms with Gasteiger partial charge >= 0.3 is 112 Å². The molecule has 9 heterocycles. The Balaban J connectivity index is -0.000000364. The van der Waals surface area contributed by atoms with Crippen LogP contribution in [0.25, 0.3) is 0 Å². The normalized spacial score (nSPS) is 13.4. The molecule has 0 spiro atoms. The summed E-state index contributed by atoms with van der Waals surface area (Å²) in [5.74, 6) is 6.24. The van der Waals surface area contributed by atoms with Gasteiger partial charge in [0.05, 0.1) is 186 Å². The third kappa shape index (κ3) is 60.8. The monoisotopic (exact) mass is 2040 g/mol. The Hall–Kier alpha value is -7.96. The van der Waals surface area contributed by atoms with Crippen LogP contribution >= 0.6 is 0 Å². The zero-order valence-corrected chi connectivity index (χ0v) is 86.0. The Kier molecular flexibility index (Phi) is 79.4. The van der Waals surface area contributed by atoms with E-state index in [4.69, 9.17) is 66.3 Å². The molecule has 3 fully saturated rings. The van der Waals surface area contributed by atoms with Crippen LogP contribution in [0.1, 0.15) is 160 Å². The number of hydrogen-bond acceptors (Lipinski definition) is 32. The fraction of sp³-hybridized carbons (Fsp3) is 0.775. The van der Waals surface area contributed by atoms with Crippen molar-refractivity contribution in [3.8, 4) is 54.1 Å². The minimum absolute atomic E-state index is 0. The third-order valence-electron chi connectivity index (χ3n) is 19.9. The number of ether oxygens (including phenoxy) is 14. The Morgan fingerprint density at radius 3 is 0.728 bits per heavy atom. The molecule has 0 bridgehead atoms. The minimum Gasteiger partial charge on any atom is -1.00 e. The van der Waals surface area contributed by atoms with Crippen molar-refractivity contribution in [3.05, 3.63) is 17.5 Å². The van der Waals surface area contributed by atoms with E-state index in [0.29, 0.717) is 150 Å². The maximum Gasteiger partial charge on any atom is 0.762 e. The fourth-order valence-corrected chi connectivity index (χ4v) is 12.1. The van der Waals surface area contributed by atoms with E-state index >= 15 is 0 Å². The molecule has 0 atom stereocenters. The molecule has 786 valence electrons. The largest absolute Gasteiger partial charge is 1.00 e. The van der Waals surface area contributed by atoms with E-state index in [0.717, 1.165) is 90.7 Å². The van der Waals surface area contributed by atoms with Crippen molar-refractivity contribution in [3.63, 3.8) is 0 Å². The molecule has 3 aliphatic rings. The second-order valence-corrected chi connectivity index (χ2v) is 32.4. The van der Waals surface area contributed by atoms with E-state index in [9.17, 15) is 38.8 Å². The van der Waals surface area contributed by atoms with Gasteiger partial charge < -0.3 is 118 Å². The molecule has 0 radical (unpaired) electrons. The van der Waals surface area contributed by atoms with Gasteiger partial charge in [0, 0.05) is 14.2 Å². The summed E-state index contributed by atoms with van der Waals surface area (Å²) in [5.41, 5.74) is 0. The number of rotatable bonds is 43. The molecule has 56 heteroatoms. The molecule has 0 aliphatic carbocycles. The fourth-order valence-electron chi connectivity index (χ4n) is 12.1. The molecule has 0 N–H and O–H groups in total. The molecule has 6 aromatic rings. The van der Waals surface area contributed by atoms with E-state index < -0.39 is 22.6 Å². The lowest BCUT2D eigenvalue weighted by atomic mass is 10.1. The van der Waals surface area contributed by atoms with Crippen LogP contribution in [0.2, 0.25) is 0 Å². The molecule has 0 saturated carbocycles. The van der Waals surface area contributed by atoms with Gasteiger partial charge in [-0.05, 0) is 46.5 Å². The van der Waals surface area contributed by atoms with Crippen LogP contribution in [0.5, 0.6) is 54.1 Å². The molecule has 0 aromatic carbocycles. The summed E-state index contributed by atoms with van der Waals surface area (Å²) in [4.78, 5) is 76.7. The second kappa shape index (κ2) is 77.8. The first-order valence-corrected chi connectivity index (χ1v) is 43.7. The molecule has 0 amide bonds. The van der Waals surface area contributed by atoms with Crippen LogP contribution in [0, 0.1) is 20.8 Å². The van der Waals surface area contributed by atoms with Gasteiger partial charge in [-0.2, -0.15) is 29.9 Å². The summed E-state index contributed by atoms with van der Waals surface area (Å²) >= 11 is 0. The van der Waals surface area contributed by atoms with Crippen molar-refractivity contribution in [2.75, 3.05) is 253 Å². The number of aryl methyl sites for hydroxylation is 3. The van der Waals surface area contributed by atoms with Crippen LogP contribution in [0.4, 0.5) is 74.5 Å². The van der Waals surface area contributed by atoms with Crippen molar-refractivity contribution in [1.29, 1.82) is 0 Å². The van der Waals surface area contributed by atoms with Crippen molar-refractivity contribution in [1.82, 2.24) is 117 Å². The Bertz CT molecular complexity index is 3730. The predicted octanol–water partition coefficient (Wildman–Crippen LogP) is -6.00. The standard InChI is InChI=1S/2C19H37N4O2.C14H25N4O5.2C10H17N4O2.C8H15N4O.3BF3.3ClH.3FH/c2*1-6-7-8-9-10-11-12-13-14-15-16-23(2,3)17-20-18(24-4)22-19(21-17)25-5;1-18(4-6-21-7-5-18)12-15-13(22-10-8-19-2)17-14(16-12)23-11-9-20-3;2*1-8-11-9(13-10(12-8)15-3)14(2)4-6-16-7-5-14;1-6-9-7(12(2,3)4)11-8(10-6)13-5;3*2-1(3)4;;;;;;/h2*6-16H2,1-5H3;4-11H2,1-3H3;2*4-7H2,1-3H3;1-5H3;;;;6*1H/q6*+1;;;;;;;;;/p-6. The highest BCUT2D eigenvalue weighted by Crippen LogP contribution is 2.28. The van der Waals surface area contributed by atoms with Crippen molar-refractivity contribution < 1.29 is 156 Å². The lowest BCUT2D eigenvalue weighted by Crippen LogP contribution is -3.00. The number of hydrogen-bond donors (Lipinski definition) is 0. The average molecular weight is 2040 g/mol. The van der Waals surface area contributed by atoms with Crippen LogP contribution in [0.3, 0.4) is 0 Å². The lowest BCUT2D eigenvalue weighted by Gasteiger charge is -2.34. The number of nitrogens with zero attached hydrogens (tertiary/aromatic N) is 24. The smallest absolute Gasteiger partial charge is 0.762 e. The van der Waals surface area contributed by atoms with E-state index in [-0.39, 0.29) is 63.4 Å². The third-order valence-corrected chi connectivity index (χ3v) is 19.9. The van der Waals surface area contributed by atoms with Crippen LogP contribution in [-0.4, -0.2) is 365 Å². The van der Waals surface area contributed by atoms with E-state index in [2.05, 4.69) is 153 Å². The number of aromatic nitrogens is 18. The quantitative estimate of drug-likeness (QED) is 0.0149. The van der Waals surface area contributed by atoms with Crippen LogP contribution in [-0.2, 0) is 23.7 Å². The Morgan fingerprint density at radius 1 is 0.279 bits per heavy atom. The molecular weight excluding hydrogens is 1890 g/mol. The minimum atomic E-state index is -3.67. The van der Waals surface area contributed by atoms with Crippen molar-refractivity contribution in [2.45, 2.75) is 163 Å². The van der Waals surface area contributed by atoms with Gasteiger partial charge in [0.1, 0.15) is 70.0 Å². The van der Waals surface area contributed by atoms with Crippen LogP contribution < -0.4 is 121 Å². The van der Waals surface area contributed by atoms with Gasteiger partial charge in [-0.1, -0.05) is 117 Å². The van der Waals surface area contributed by atoms with Gasteiger partial charge in [0.25, 0.3) is 0 Å². The molecule has 9 rings (SSSR count). The number of likely N-dealkylation sites (N-methyl/N-ethyl adjacent to an activating group) is 3. The van der Waals surface area contributed by atoms with Gasteiger partial charge in [-0.25, -0.2) is 0 Å². The highest BCUT2D eigenvalue weighted by Gasteiger charge is 2.36. The molecular formula is C80H148B3Cl3F12N24O14. The topological polar surface area (TPSA) is 361 Å². The van der Waals surface area contributed by atoms with Crippen molar-refractivity contribution >= 4 is 58.3 Å². The number of unbranched alkanes of at least 4 members (excludes halogenated alkanes) is 18.